The Hall–Kier alpha value is -4.31. The Labute approximate surface area is 472 Å². The summed E-state index contributed by atoms with van der Waals surface area (Å²) in [6, 6.07) is 0. The van der Waals surface area contributed by atoms with Gasteiger partial charge >= 0.3 is 17.9 Å². The second-order valence-corrected chi connectivity index (χ2v) is 21.3. The van der Waals surface area contributed by atoms with Crippen molar-refractivity contribution in [3.63, 3.8) is 0 Å². The molecule has 0 aromatic carbocycles. The number of carboxylic acid groups (broad SMARTS) is 1. The van der Waals surface area contributed by atoms with E-state index in [0.29, 0.717) is 17.4 Å². The van der Waals surface area contributed by atoms with Crippen LogP contribution in [0.2, 0.25) is 0 Å². The maximum atomic E-state index is 12.9. The number of unbranched alkanes of at least 4 members (excludes halogenated alkanes) is 20. The average molecular weight is 1070 g/mol. The molecule has 0 bridgehead atoms. The molecule has 1 N–H and O–H groups in total. The van der Waals surface area contributed by atoms with Crippen LogP contribution in [0.4, 0.5) is 0 Å². The molecule has 9 heteroatoms. The lowest BCUT2D eigenvalue weighted by molar-refractivity contribution is -0.870. The van der Waals surface area contributed by atoms with Gasteiger partial charge in [0.05, 0.1) is 34.4 Å². The number of hydrogen-bond acceptors (Lipinski definition) is 7. The monoisotopic (exact) mass is 1070 g/mol. The summed E-state index contributed by atoms with van der Waals surface area (Å²) in [7, 11) is 5.96. The number of likely N-dealkylation sites (N-methyl/N-ethyl adjacent to an activating group) is 1. The Morgan fingerprint density at radius 1 is 0.403 bits per heavy atom. The van der Waals surface area contributed by atoms with Crippen LogP contribution in [0, 0.1) is 0 Å². The summed E-state index contributed by atoms with van der Waals surface area (Å²) in [5.41, 5.74) is 0. The Bertz CT molecular complexity index is 1670. The molecule has 0 heterocycles. The molecule has 0 saturated heterocycles. The van der Waals surface area contributed by atoms with Crippen molar-refractivity contribution in [3.05, 3.63) is 122 Å². The number of esters is 2. The minimum atomic E-state index is -1.52. The summed E-state index contributed by atoms with van der Waals surface area (Å²) >= 11 is 0. The first-order valence-corrected chi connectivity index (χ1v) is 30.7. The lowest BCUT2D eigenvalue weighted by Crippen LogP contribution is -2.40. The van der Waals surface area contributed by atoms with Crippen molar-refractivity contribution in [2.45, 2.75) is 245 Å². The molecular weight excluding hydrogens is 959 g/mol. The summed E-state index contributed by atoms with van der Waals surface area (Å²) in [6.07, 6.45) is 78.4. The normalized spacial score (nSPS) is 13.6. The topological polar surface area (TPSA) is 108 Å². The highest BCUT2D eigenvalue weighted by Gasteiger charge is 2.25. The van der Waals surface area contributed by atoms with E-state index in [4.69, 9.17) is 18.9 Å². The van der Waals surface area contributed by atoms with E-state index in [0.717, 1.165) is 116 Å². The Morgan fingerprint density at radius 3 is 1.10 bits per heavy atom. The molecule has 0 amide bonds. The van der Waals surface area contributed by atoms with Gasteiger partial charge in [-0.15, -0.1) is 0 Å². The maximum Gasteiger partial charge on any atom is 0.361 e. The van der Waals surface area contributed by atoms with Gasteiger partial charge in [0.25, 0.3) is 6.29 Å². The third-order valence-electron chi connectivity index (χ3n) is 12.7. The van der Waals surface area contributed by atoms with Gasteiger partial charge in [-0.1, -0.05) is 232 Å². The number of quaternary nitrogens is 1. The molecule has 0 aromatic rings. The SMILES string of the molecule is CC/C=C\C/C=C\C/C=C\C/C=C\C/C=C\C/C=C\C/C=C\CCCCCCCCCC(=O)OC(COC(=O)CCCCCCCCCC/C=C\C/C=C\C/C=C\CCCCCCC)COC(OCC[N+](C)(C)C)C(=O)O. The summed E-state index contributed by atoms with van der Waals surface area (Å²) in [5, 5.41) is 9.72. The van der Waals surface area contributed by atoms with Crippen molar-refractivity contribution in [2.24, 2.45) is 0 Å². The van der Waals surface area contributed by atoms with Crippen LogP contribution in [0.1, 0.15) is 232 Å². The van der Waals surface area contributed by atoms with Gasteiger partial charge in [-0.2, -0.15) is 0 Å². The van der Waals surface area contributed by atoms with Gasteiger partial charge in [-0.3, -0.25) is 9.59 Å². The van der Waals surface area contributed by atoms with E-state index in [1.165, 1.54) is 83.5 Å². The number of carbonyl (C=O) groups excluding carboxylic acids is 2. The summed E-state index contributed by atoms with van der Waals surface area (Å²) < 4.78 is 22.9. The van der Waals surface area contributed by atoms with Gasteiger partial charge in [-0.25, -0.2) is 4.79 Å². The predicted octanol–water partition coefficient (Wildman–Crippen LogP) is 18.5. The first-order chi connectivity index (χ1) is 37.6. The fraction of sp³-hybridized carbons (Fsp3) is 0.662. The first-order valence-electron chi connectivity index (χ1n) is 30.7. The third-order valence-corrected chi connectivity index (χ3v) is 12.7. The molecule has 2 atom stereocenters. The summed E-state index contributed by atoms with van der Waals surface area (Å²) in [4.78, 5) is 37.5. The average Bonchev–Trinajstić information content (AvgIpc) is 3.40. The molecule has 0 aliphatic carbocycles. The van der Waals surface area contributed by atoms with Crippen LogP contribution in [-0.4, -0.2) is 87.4 Å². The van der Waals surface area contributed by atoms with E-state index >= 15 is 0 Å². The van der Waals surface area contributed by atoms with E-state index in [9.17, 15) is 19.5 Å². The zero-order valence-corrected chi connectivity index (χ0v) is 49.8. The minimum absolute atomic E-state index is 0.177. The van der Waals surface area contributed by atoms with Crippen molar-refractivity contribution >= 4 is 17.9 Å². The molecule has 77 heavy (non-hydrogen) atoms. The van der Waals surface area contributed by atoms with Crippen molar-refractivity contribution < 1.29 is 42.9 Å². The first kappa shape index (κ1) is 72.7. The van der Waals surface area contributed by atoms with Crippen molar-refractivity contribution in [1.29, 1.82) is 0 Å². The highest BCUT2D eigenvalue weighted by Crippen LogP contribution is 2.14. The quantitative estimate of drug-likeness (QED) is 0.0211. The lowest BCUT2D eigenvalue weighted by atomic mass is 10.1. The second-order valence-electron chi connectivity index (χ2n) is 21.3. The lowest BCUT2D eigenvalue weighted by Gasteiger charge is -2.25. The van der Waals surface area contributed by atoms with Crippen LogP contribution in [0.25, 0.3) is 0 Å². The standard InChI is InChI=1S/C68H113NO8/c1-6-8-10-12-14-16-18-20-22-24-26-28-30-31-32-33-34-35-37-39-41-43-45-47-49-51-53-55-57-59-66(71)77-64(63-76-68(67(72)73)74-61-60-69(3,4)5)62-75-65(70)58-56-54-52-50-48-46-44-42-40-38-36-29-27-25-23-21-19-17-15-13-11-9-7-2/h8,10,14,16,19-22,25-28,31-32,34-36,38-39,41,64,68H,6-7,9,11-13,15,17-18,23-24,29-30,33,37,40,42-63H2,1-5H3/p+1/b10-8-,16-14-,21-19-,22-20-,27-25-,28-26-,32-31-,35-34-,38-36-,41-39-. The van der Waals surface area contributed by atoms with Gasteiger partial charge in [-0.05, 0) is 109 Å². The zero-order valence-electron chi connectivity index (χ0n) is 49.8. The number of carbonyl (C=O) groups is 3. The number of carboxylic acids is 1. The van der Waals surface area contributed by atoms with Gasteiger partial charge in [0.1, 0.15) is 13.2 Å². The molecule has 9 nitrogen and oxygen atoms in total. The highest BCUT2D eigenvalue weighted by molar-refractivity contribution is 5.71. The fourth-order valence-electron chi connectivity index (χ4n) is 8.00. The van der Waals surface area contributed by atoms with Crippen LogP contribution in [0.3, 0.4) is 0 Å². The molecule has 2 unspecified atom stereocenters. The molecule has 0 radical (unpaired) electrons. The zero-order chi connectivity index (χ0) is 56.2. The van der Waals surface area contributed by atoms with Gasteiger partial charge < -0.3 is 28.5 Å². The summed E-state index contributed by atoms with van der Waals surface area (Å²) in [5.74, 6) is -2.04. The molecule has 0 aliphatic rings. The second kappa shape index (κ2) is 57.9. The molecule has 0 fully saturated rings. The molecule has 0 saturated carbocycles. The van der Waals surface area contributed by atoms with Crippen LogP contribution >= 0.6 is 0 Å². The largest absolute Gasteiger partial charge is 0.477 e. The molecule has 0 rings (SSSR count). The van der Waals surface area contributed by atoms with E-state index in [1.807, 2.05) is 21.1 Å². The van der Waals surface area contributed by atoms with E-state index in [-0.39, 0.29) is 38.6 Å². The van der Waals surface area contributed by atoms with Crippen LogP contribution in [0.5, 0.6) is 0 Å². The smallest absolute Gasteiger partial charge is 0.361 e. The minimum Gasteiger partial charge on any atom is -0.477 e. The van der Waals surface area contributed by atoms with Gasteiger partial charge in [0.2, 0.25) is 0 Å². The Morgan fingerprint density at radius 2 is 0.740 bits per heavy atom. The van der Waals surface area contributed by atoms with Gasteiger partial charge in [0, 0.05) is 12.8 Å². The summed E-state index contributed by atoms with van der Waals surface area (Å²) in [6.45, 7) is 4.72. The number of aliphatic carboxylic acids is 1. The fourth-order valence-corrected chi connectivity index (χ4v) is 8.00. The molecular formula is C68H114NO8+. The number of nitrogens with zero attached hydrogens (tertiary/aromatic N) is 1. The maximum absolute atomic E-state index is 12.9. The molecule has 438 valence electrons. The van der Waals surface area contributed by atoms with Crippen molar-refractivity contribution in [3.8, 4) is 0 Å². The third kappa shape index (κ3) is 59.2. The van der Waals surface area contributed by atoms with Gasteiger partial charge in [0.15, 0.2) is 6.10 Å². The Balaban J connectivity index is 4.30. The Kier molecular flexibility index (Phi) is 54.6. The van der Waals surface area contributed by atoms with E-state index < -0.39 is 24.3 Å². The van der Waals surface area contributed by atoms with Crippen LogP contribution < -0.4 is 0 Å². The molecule has 0 aliphatic heterocycles. The number of hydrogen-bond donors (Lipinski definition) is 1. The molecule has 0 aromatic heterocycles. The van der Waals surface area contributed by atoms with Crippen LogP contribution in [-0.2, 0) is 33.3 Å². The van der Waals surface area contributed by atoms with E-state index in [1.54, 1.807) is 0 Å². The predicted molar refractivity (Wildman–Crippen MR) is 327 cm³/mol. The van der Waals surface area contributed by atoms with Crippen molar-refractivity contribution in [2.75, 3.05) is 47.5 Å². The van der Waals surface area contributed by atoms with E-state index in [2.05, 4.69) is 135 Å². The number of allylic oxidation sites excluding steroid dienone is 20. The number of rotatable bonds is 55. The number of ether oxygens (including phenoxy) is 4. The van der Waals surface area contributed by atoms with Crippen molar-refractivity contribution in [1.82, 2.24) is 0 Å². The molecule has 0 spiro atoms. The van der Waals surface area contributed by atoms with Crippen LogP contribution in [0.15, 0.2) is 122 Å². The highest BCUT2D eigenvalue weighted by atomic mass is 16.7.